The van der Waals surface area contributed by atoms with Crippen LogP contribution < -0.4 is 5.32 Å². The minimum Gasteiger partial charge on any atom is -0.459 e. The lowest BCUT2D eigenvalue weighted by Crippen LogP contribution is -2.66. The Hall–Kier alpha value is -2.49. The number of ether oxygens (including phenoxy) is 1. The number of hydrogen-bond acceptors (Lipinski definition) is 7. The molecule has 196 valence electrons. The molecule has 2 aromatic rings. The molecule has 1 aliphatic carbocycles. The molecular formula is C27H35NO7S. The number of aliphatic hydroxyl groups is 2. The fourth-order valence-electron chi connectivity index (χ4n) is 5.46. The first-order chi connectivity index (χ1) is 16.8. The third-order valence-electron chi connectivity index (χ3n) is 7.80. The Morgan fingerprint density at radius 1 is 1.08 bits per heavy atom. The van der Waals surface area contributed by atoms with Crippen molar-refractivity contribution in [2.75, 3.05) is 0 Å². The van der Waals surface area contributed by atoms with Crippen molar-refractivity contribution in [3.05, 3.63) is 42.5 Å². The molecule has 0 aromatic heterocycles. The van der Waals surface area contributed by atoms with Crippen LogP contribution in [-0.4, -0.2) is 59.6 Å². The topological polar surface area (TPSA) is 130 Å². The highest BCUT2D eigenvalue weighted by molar-refractivity contribution is 7.92. The first-order valence-electron chi connectivity index (χ1n) is 12.5. The van der Waals surface area contributed by atoms with Crippen LogP contribution in [-0.2, 0) is 24.2 Å². The van der Waals surface area contributed by atoms with Gasteiger partial charge in [-0.15, -0.1) is 0 Å². The molecule has 1 heterocycles. The first-order valence-corrected chi connectivity index (χ1v) is 14.0. The van der Waals surface area contributed by atoms with E-state index >= 15 is 0 Å². The van der Waals surface area contributed by atoms with Crippen LogP contribution in [0.1, 0.15) is 53.4 Å². The van der Waals surface area contributed by atoms with Crippen LogP contribution in [0.4, 0.5) is 0 Å². The molecule has 2 aliphatic rings. The number of sulfone groups is 1. The molecule has 0 radical (unpaired) electrons. The van der Waals surface area contributed by atoms with Gasteiger partial charge in [0.1, 0.15) is 17.5 Å². The molecular weight excluding hydrogens is 482 g/mol. The maximum absolute atomic E-state index is 13.7. The number of hydrogen-bond donors (Lipinski definition) is 3. The Morgan fingerprint density at radius 2 is 1.72 bits per heavy atom. The molecule has 4 rings (SSSR count). The van der Waals surface area contributed by atoms with E-state index in [1.165, 1.54) is 13.8 Å². The summed E-state index contributed by atoms with van der Waals surface area (Å²) in [6.45, 7) is 6.31. The summed E-state index contributed by atoms with van der Waals surface area (Å²) in [5.74, 6) is -2.10. The van der Waals surface area contributed by atoms with Gasteiger partial charge in [0.2, 0.25) is 5.91 Å². The Kier molecular flexibility index (Phi) is 6.96. The van der Waals surface area contributed by atoms with Crippen molar-refractivity contribution >= 4 is 32.5 Å². The summed E-state index contributed by atoms with van der Waals surface area (Å²) in [6, 6.07) is 12.4. The van der Waals surface area contributed by atoms with Crippen LogP contribution in [0.15, 0.2) is 47.4 Å². The van der Waals surface area contributed by atoms with E-state index in [2.05, 4.69) is 5.32 Å². The van der Waals surface area contributed by atoms with Gasteiger partial charge in [0.05, 0.1) is 16.4 Å². The molecule has 0 unspecified atom stereocenters. The second-order valence-corrected chi connectivity index (χ2v) is 13.1. The maximum Gasteiger partial charge on any atom is 0.337 e. The summed E-state index contributed by atoms with van der Waals surface area (Å²) < 4.78 is 33.3. The molecule has 3 N–H and O–H groups in total. The van der Waals surface area contributed by atoms with Gasteiger partial charge < -0.3 is 20.3 Å². The smallest absolute Gasteiger partial charge is 0.337 e. The Labute approximate surface area is 212 Å². The van der Waals surface area contributed by atoms with Crippen molar-refractivity contribution in [3.63, 3.8) is 0 Å². The summed E-state index contributed by atoms with van der Waals surface area (Å²) in [4.78, 5) is 26.5. The molecule has 1 saturated carbocycles. The van der Waals surface area contributed by atoms with Gasteiger partial charge in [-0.3, -0.25) is 4.79 Å². The van der Waals surface area contributed by atoms with Gasteiger partial charge >= 0.3 is 5.97 Å². The predicted octanol–water partition coefficient (Wildman–Crippen LogP) is 2.74. The van der Waals surface area contributed by atoms with E-state index in [-0.39, 0.29) is 4.90 Å². The van der Waals surface area contributed by atoms with Gasteiger partial charge in [-0.2, -0.15) is 0 Å². The predicted molar refractivity (Wildman–Crippen MR) is 135 cm³/mol. The molecule has 2 aromatic carbocycles. The van der Waals surface area contributed by atoms with Gasteiger partial charge in [-0.05, 0) is 61.9 Å². The summed E-state index contributed by atoms with van der Waals surface area (Å²) in [5, 5.41) is 25.4. The molecule has 1 saturated heterocycles. The number of esters is 1. The lowest BCUT2D eigenvalue weighted by Gasteiger charge is -2.40. The van der Waals surface area contributed by atoms with Crippen molar-refractivity contribution < 1.29 is 33.0 Å². The quantitative estimate of drug-likeness (QED) is 0.502. The zero-order valence-corrected chi connectivity index (χ0v) is 21.9. The third-order valence-corrected chi connectivity index (χ3v) is 10.1. The van der Waals surface area contributed by atoms with Crippen molar-refractivity contribution in [1.82, 2.24) is 5.32 Å². The van der Waals surface area contributed by atoms with Crippen LogP contribution in [0, 0.1) is 11.3 Å². The van der Waals surface area contributed by atoms with E-state index in [0.29, 0.717) is 25.7 Å². The molecule has 8 nitrogen and oxygen atoms in total. The average molecular weight is 518 g/mol. The minimum atomic E-state index is -3.86. The molecule has 1 aliphatic heterocycles. The van der Waals surface area contributed by atoms with Gasteiger partial charge in [0.15, 0.2) is 15.4 Å². The standard InChI is InChI=1S/C27H35NO7S/c1-16(2)22(29)27(23(30)26(3,4)24(31)28-27)25(32)35-20-11-7-8-12-21(20)36(33,34)19-14-13-17-9-5-6-10-18(17)15-19/h5-6,9-10,13-16,20-23,29-30H,7-8,11-12H2,1-4H3,(H,28,31)/t20-,21-,22-,23-,27+/m0/s1. The fraction of sp³-hybridized carbons (Fsp3) is 0.556. The highest BCUT2D eigenvalue weighted by atomic mass is 32.2. The highest BCUT2D eigenvalue weighted by Gasteiger charge is 2.66. The van der Waals surface area contributed by atoms with Gasteiger partial charge in [0, 0.05) is 0 Å². The molecule has 9 heteroatoms. The van der Waals surface area contributed by atoms with E-state index in [0.717, 1.165) is 10.8 Å². The van der Waals surface area contributed by atoms with Crippen molar-refractivity contribution in [2.45, 2.75) is 87.4 Å². The summed E-state index contributed by atoms with van der Waals surface area (Å²) in [6.07, 6.45) is -2.02. The first kappa shape index (κ1) is 26.6. The van der Waals surface area contributed by atoms with E-state index in [4.69, 9.17) is 4.74 Å². The van der Waals surface area contributed by atoms with E-state index in [1.54, 1.807) is 32.0 Å². The monoisotopic (exact) mass is 517 g/mol. The lowest BCUT2D eigenvalue weighted by molar-refractivity contribution is -0.173. The van der Waals surface area contributed by atoms with Gasteiger partial charge in [-0.1, -0.05) is 50.6 Å². The van der Waals surface area contributed by atoms with E-state index in [9.17, 15) is 28.2 Å². The van der Waals surface area contributed by atoms with Gasteiger partial charge in [-0.25, -0.2) is 13.2 Å². The molecule has 0 spiro atoms. The van der Waals surface area contributed by atoms with Gasteiger partial charge in [0.25, 0.3) is 0 Å². The number of carbonyl (C=O) groups excluding carboxylic acids is 2. The Balaban J connectivity index is 1.68. The normalized spacial score (nSPS) is 29.2. The van der Waals surface area contributed by atoms with Crippen molar-refractivity contribution in [2.24, 2.45) is 11.3 Å². The van der Waals surface area contributed by atoms with E-state index < -0.39 is 62.1 Å². The highest BCUT2D eigenvalue weighted by Crippen LogP contribution is 2.41. The van der Waals surface area contributed by atoms with Crippen LogP contribution in [0.3, 0.4) is 0 Å². The summed E-state index contributed by atoms with van der Waals surface area (Å²) >= 11 is 0. The molecule has 0 bridgehead atoms. The minimum absolute atomic E-state index is 0.154. The van der Waals surface area contributed by atoms with Crippen LogP contribution in [0.5, 0.6) is 0 Å². The average Bonchev–Trinajstić information content (AvgIpc) is 3.03. The fourth-order valence-corrected chi connectivity index (χ4v) is 7.43. The number of fused-ring (bicyclic) bond motifs is 1. The second kappa shape index (κ2) is 9.43. The summed E-state index contributed by atoms with van der Waals surface area (Å²) in [7, 11) is -3.86. The number of rotatable bonds is 6. The Morgan fingerprint density at radius 3 is 2.33 bits per heavy atom. The SMILES string of the molecule is CC(C)[C@H](O)[C@@]1(C(=O)O[C@H]2CCCC[C@@H]2S(=O)(=O)c2ccc3ccccc3c2)NC(=O)C(C)(C)[C@@H]1O. The molecule has 1 amide bonds. The zero-order valence-electron chi connectivity index (χ0n) is 21.1. The largest absolute Gasteiger partial charge is 0.459 e. The van der Waals surface area contributed by atoms with Crippen LogP contribution in [0.2, 0.25) is 0 Å². The van der Waals surface area contributed by atoms with Crippen LogP contribution in [0.25, 0.3) is 10.8 Å². The molecule has 36 heavy (non-hydrogen) atoms. The number of carbonyl (C=O) groups is 2. The molecule has 2 fully saturated rings. The number of nitrogens with one attached hydrogen (secondary N) is 1. The number of benzene rings is 2. The lowest BCUT2D eigenvalue weighted by atomic mass is 9.74. The third kappa shape index (κ3) is 4.21. The number of amides is 1. The summed E-state index contributed by atoms with van der Waals surface area (Å²) in [5.41, 5.74) is -3.44. The van der Waals surface area contributed by atoms with Crippen LogP contribution >= 0.6 is 0 Å². The zero-order chi connectivity index (χ0) is 26.5. The number of aliphatic hydroxyl groups excluding tert-OH is 2. The Bertz CT molecular complexity index is 1270. The van der Waals surface area contributed by atoms with Crippen molar-refractivity contribution in [1.29, 1.82) is 0 Å². The van der Waals surface area contributed by atoms with Crippen molar-refractivity contribution in [3.8, 4) is 0 Å². The second-order valence-electron chi connectivity index (χ2n) is 11.0. The molecule has 5 atom stereocenters. The van der Waals surface area contributed by atoms with E-state index in [1.807, 2.05) is 24.3 Å². The maximum atomic E-state index is 13.7.